The Balaban J connectivity index is -0.0000000208. The van der Waals surface area contributed by atoms with E-state index < -0.39 is 9.05 Å². The average molecular weight is 208 g/mol. The van der Waals surface area contributed by atoms with E-state index in [0.717, 1.165) is 0 Å². The van der Waals surface area contributed by atoms with Gasteiger partial charge in [-0.05, 0) is 0 Å². The van der Waals surface area contributed by atoms with Crippen LogP contribution >= 0.6 is 0 Å². The standard InChI is InChI=1S/Al.3Na.O4Si.H2O.2H/c;;;;1-5(2,3)4;;;/h;;;;;1H2;;/q4*+1;-4;;;. The van der Waals surface area contributed by atoms with Crippen LogP contribution in [-0.4, -0.2) is 31.1 Å². The third-order valence-electron chi connectivity index (χ3n) is 0.250. The third kappa shape index (κ3) is 30.0. The van der Waals surface area contributed by atoms with Crippen LogP contribution in [0.1, 0.15) is 0 Å². The van der Waals surface area contributed by atoms with Gasteiger partial charge in [-0.2, -0.15) is 9.05 Å². The second kappa shape index (κ2) is 15.0. The van der Waals surface area contributed by atoms with Crippen LogP contribution < -0.4 is 103 Å². The maximum absolute atomic E-state index is 9.31. The van der Waals surface area contributed by atoms with Gasteiger partial charge in [0.05, 0.1) is 0 Å². The van der Waals surface area contributed by atoms with Crippen molar-refractivity contribution in [3.8, 4) is 0 Å². The second-order valence-corrected chi connectivity index (χ2v) is 3.34. The SMILES string of the molecule is O.[Na+].[Na+].[Na+].[O-][Si]([O-])([O-])[O][AlH2]. The summed E-state index contributed by atoms with van der Waals surface area (Å²) >= 11 is -0.0278. The van der Waals surface area contributed by atoms with E-state index in [1.165, 1.54) is 0 Å². The number of rotatable bonds is 1. The zero-order valence-corrected chi connectivity index (χ0v) is 15.6. The number of hydrogen-bond acceptors (Lipinski definition) is 4. The first kappa shape index (κ1) is 29.2. The quantitative estimate of drug-likeness (QED) is 0.398. The molecule has 0 amide bonds. The van der Waals surface area contributed by atoms with E-state index in [1.807, 2.05) is 0 Å². The van der Waals surface area contributed by atoms with Gasteiger partial charge in [0.2, 0.25) is 0 Å². The molecule has 0 saturated heterocycles. The molecule has 0 saturated carbocycles. The zero-order chi connectivity index (χ0) is 5.21. The molecule has 0 bridgehead atoms. The summed E-state index contributed by atoms with van der Waals surface area (Å²) in [6.45, 7) is 0. The van der Waals surface area contributed by atoms with Crippen molar-refractivity contribution in [3.05, 3.63) is 0 Å². The first-order valence-corrected chi connectivity index (χ1v) is 3.67. The molecule has 0 spiro atoms. The second-order valence-electron chi connectivity index (χ2n) is 0.704. The molecule has 0 atom stereocenters. The van der Waals surface area contributed by atoms with E-state index in [4.69, 9.17) is 0 Å². The maximum atomic E-state index is 9.31. The Morgan fingerprint density at radius 1 is 1.00 bits per heavy atom. The van der Waals surface area contributed by atoms with Gasteiger partial charge >= 0.3 is 105 Å². The fourth-order valence-electron chi connectivity index (χ4n) is 0. The summed E-state index contributed by atoms with van der Waals surface area (Å²) in [5.41, 5.74) is 0. The van der Waals surface area contributed by atoms with Crippen LogP contribution in [0.5, 0.6) is 0 Å². The molecule has 10 heteroatoms. The number of hydrogen-bond donors (Lipinski definition) is 0. The molecule has 10 heavy (non-hydrogen) atoms. The summed E-state index contributed by atoms with van der Waals surface area (Å²) in [4.78, 5) is 27.9. The minimum Gasteiger partial charge on any atom is -0.863 e. The Hall–Kier alpha value is 3.55. The van der Waals surface area contributed by atoms with Crippen molar-refractivity contribution in [2.24, 2.45) is 0 Å². The molecular formula is H4AlNa3O5Si. The molecule has 5 nitrogen and oxygen atoms in total. The normalized spacial score (nSPS) is 7.10. The topological polar surface area (TPSA) is 110 Å². The van der Waals surface area contributed by atoms with E-state index in [0.29, 0.717) is 0 Å². The van der Waals surface area contributed by atoms with Crippen LogP contribution in [-0.2, 0) is 3.48 Å². The van der Waals surface area contributed by atoms with Crippen LogP contribution in [0.4, 0.5) is 0 Å². The molecule has 0 rings (SSSR count). The van der Waals surface area contributed by atoms with Gasteiger partial charge < -0.3 is 23.3 Å². The van der Waals surface area contributed by atoms with Crippen LogP contribution in [0.25, 0.3) is 0 Å². The van der Waals surface area contributed by atoms with Gasteiger partial charge in [-0.3, -0.25) is 0 Å². The third-order valence-corrected chi connectivity index (χ3v) is 2.25. The van der Waals surface area contributed by atoms with Crippen molar-refractivity contribution in [2.45, 2.75) is 0 Å². The molecular weight excluding hydrogens is 204 g/mol. The van der Waals surface area contributed by atoms with E-state index >= 15 is 0 Å². The van der Waals surface area contributed by atoms with Crippen molar-refractivity contribution < 1.29 is 112 Å². The first-order valence-electron chi connectivity index (χ1n) is 1.22. The minimum absolute atomic E-state index is 0. The summed E-state index contributed by atoms with van der Waals surface area (Å²) in [7, 11) is -4.82. The van der Waals surface area contributed by atoms with Crippen molar-refractivity contribution in [3.63, 3.8) is 0 Å². The molecule has 0 aliphatic carbocycles. The van der Waals surface area contributed by atoms with Crippen LogP contribution in [0.15, 0.2) is 0 Å². The summed E-state index contributed by atoms with van der Waals surface area (Å²) in [6, 6.07) is 0. The van der Waals surface area contributed by atoms with Gasteiger partial charge in [-0.15, -0.1) is 0 Å². The first-order chi connectivity index (χ1) is 2.56. The summed E-state index contributed by atoms with van der Waals surface area (Å²) in [5.74, 6) is 0. The molecule has 44 valence electrons. The molecule has 0 heterocycles. The van der Waals surface area contributed by atoms with Gasteiger partial charge in [0.1, 0.15) is 0 Å². The van der Waals surface area contributed by atoms with Gasteiger partial charge in [0.25, 0.3) is 0 Å². The predicted octanol–water partition coefficient (Wildman–Crippen LogP) is -14.7. The van der Waals surface area contributed by atoms with E-state index in [-0.39, 0.29) is 111 Å². The van der Waals surface area contributed by atoms with Gasteiger partial charge in [0, 0.05) is 0 Å². The maximum Gasteiger partial charge on any atom is 1.00 e. The Labute approximate surface area is 135 Å². The Morgan fingerprint density at radius 2 is 1.10 bits per heavy atom. The molecule has 0 aliphatic heterocycles. The van der Waals surface area contributed by atoms with Crippen molar-refractivity contribution in [1.29, 1.82) is 0 Å². The summed E-state index contributed by atoms with van der Waals surface area (Å²) in [6.07, 6.45) is 0. The molecule has 0 aromatic heterocycles. The van der Waals surface area contributed by atoms with Crippen LogP contribution in [0.2, 0.25) is 0 Å². The Morgan fingerprint density at radius 3 is 1.10 bits per heavy atom. The summed E-state index contributed by atoms with van der Waals surface area (Å²) < 4.78 is 3.55. The molecule has 0 unspecified atom stereocenters. The summed E-state index contributed by atoms with van der Waals surface area (Å²) in [5, 5.41) is 0. The largest absolute Gasteiger partial charge is 1.00 e. The predicted molar refractivity (Wildman–Crippen MR) is 19.0 cm³/mol. The van der Waals surface area contributed by atoms with Crippen LogP contribution in [0.3, 0.4) is 0 Å². The molecule has 0 aromatic carbocycles. The van der Waals surface area contributed by atoms with E-state index in [1.54, 1.807) is 0 Å². The fraction of sp³-hybridized carbons (Fsp3) is 0. The Kier molecular flexibility index (Phi) is 43.9. The minimum atomic E-state index is -4.82. The monoisotopic (exact) mass is 208 g/mol. The molecule has 0 aromatic rings. The van der Waals surface area contributed by atoms with Crippen molar-refractivity contribution in [2.75, 3.05) is 0 Å². The van der Waals surface area contributed by atoms with Gasteiger partial charge in [0.15, 0.2) is 0 Å². The van der Waals surface area contributed by atoms with E-state index in [2.05, 4.69) is 3.48 Å². The fourth-order valence-corrected chi connectivity index (χ4v) is 0. The van der Waals surface area contributed by atoms with E-state index in [9.17, 15) is 14.4 Å². The smallest absolute Gasteiger partial charge is 0.863 e. The van der Waals surface area contributed by atoms with Gasteiger partial charge in [-0.1, -0.05) is 0 Å². The molecule has 0 aliphatic rings. The molecule has 2 N–H and O–H groups in total. The van der Waals surface area contributed by atoms with Crippen molar-refractivity contribution >= 4 is 25.7 Å². The van der Waals surface area contributed by atoms with Crippen LogP contribution in [0, 0.1) is 0 Å². The average Bonchev–Trinajstić information content (AvgIpc) is 1.35. The Bertz CT molecular complexity index is 46.6. The zero-order valence-electron chi connectivity index (χ0n) is 6.63. The van der Waals surface area contributed by atoms with Crippen molar-refractivity contribution in [1.82, 2.24) is 0 Å². The molecule has 0 fully saturated rings. The van der Waals surface area contributed by atoms with Gasteiger partial charge in [-0.25, -0.2) is 0 Å². The molecule has 0 radical (unpaired) electrons.